The Balaban J connectivity index is 0.00000111. The summed E-state index contributed by atoms with van der Waals surface area (Å²) in [6.07, 6.45) is 3.13. The first-order valence-electron chi connectivity index (χ1n) is 22.5. The maximum absolute atomic E-state index is 13.9. The van der Waals surface area contributed by atoms with Crippen molar-refractivity contribution < 1.29 is 38.1 Å². The number of amides is 4. The first-order chi connectivity index (χ1) is 32.0. The normalized spacial score (nSPS) is 11.4. The van der Waals surface area contributed by atoms with Crippen molar-refractivity contribution in [1.29, 1.82) is 0 Å². The van der Waals surface area contributed by atoms with Gasteiger partial charge >= 0.3 is 12.2 Å². The quantitative estimate of drug-likeness (QED) is 0.0819. The maximum Gasteiger partial charge on any atom is 0.407 e. The SMILES string of the molecule is CC.CCC.CCCN(Cc1nc2c(ccc3cc4c(cc32)OCc2cc(-c3cnc(CN(CCC)C(=O)[C@H](NC(=O)OC)c5ccccc5)[nH]3)ccc2-4)[nH]1)C(=O)CNC(=O)OC.COC. The number of nitrogens with zero attached hydrogens (tertiary/aromatic N) is 4. The number of nitrogens with one attached hydrogen (secondary N) is 4. The molecule has 0 saturated carbocycles. The van der Waals surface area contributed by atoms with E-state index in [1.54, 1.807) is 42.3 Å². The molecule has 3 heterocycles. The Hall–Kier alpha value is -6.94. The maximum atomic E-state index is 13.9. The summed E-state index contributed by atoms with van der Waals surface area (Å²) in [7, 11) is 5.77. The summed E-state index contributed by atoms with van der Waals surface area (Å²) in [5.74, 6) is 1.50. The van der Waals surface area contributed by atoms with Gasteiger partial charge in [-0.2, -0.15) is 0 Å². The van der Waals surface area contributed by atoms with Gasteiger partial charge in [-0.15, -0.1) is 0 Å². The van der Waals surface area contributed by atoms with E-state index in [4.69, 9.17) is 14.5 Å². The van der Waals surface area contributed by atoms with Gasteiger partial charge in [0.1, 0.15) is 36.6 Å². The second kappa shape index (κ2) is 26.1. The van der Waals surface area contributed by atoms with Crippen LogP contribution in [-0.4, -0.2) is 102 Å². The minimum atomic E-state index is -0.916. The number of alkyl carbamates (subject to hydrolysis) is 2. The van der Waals surface area contributed by atoms with Crippen LogP contribution < -0.4 is 15.4 Å². The highest BCUT2D eigenvalue weighted by Gasteiger charge is 2.29. The second-order valence-electron chi connectivity index (χ2n) is 15.1. The standard InChI is InChI=1S/C43H46N8O7.C3H8.C2H6O.C2H6/c1-5-16-50(38(52)22-45-42(54)56-3)24-37-46-33-15-13-27-19-32-30-14-12-28(18-29(30)25-58-35(32)20-31(27)40(33)48-37)34-21-44-36(47-34)23-51(17-6-2)41(53)39(49-43(55)57-4)26-10-8-7-9-11-26;2*1-3-2;1-2/h7-15,18-21,39H,5-6,16-17,22-25H2,1-4H3,(H,44,47)(H,45,54)(H,46,48)(H,49,55);3H2,1-2H3;1-2H3;1-2H3/t39-;;;/m1.../s1. The van der Waals surface area contributed by atoms with E-state index in [-0.39, 0.29) is 31.4 Å². The highest BCUT2D eigenvalue weighted by Crippen LogP contribution is 2.42. The molecule has 0 radical (unpaired) electrons. The summed E-state index contributed by atoms with van der Waals surface area (Å²) in [6.45, 7) is 13.9. The van der Waals surface area contributed by atoms with Crippen molar-refractivity contribution in [3.8, 4) is 28.1 Å². The first-order valence-corrected chi connectivity index (χ1v) is 22.5. The van der Waals surface area contributed by atoms with Gasteiger partial charge in [0.05, 0.1) is 50.2 Å². The average molecular weight is 907 g/mol. The molecule has 0 bridgehead atoms. The van der Waals surface area contributed by atoms with Gasteiger partial charge in [-0.3, -0.25) is 9.59 Å². The largest absolute Gasteiger partial charge is 0.488 e. The lowest BCUT2D eigenvalue weighted by Crippen LogP contribution is -2.43. The molecule has 354 valence electrons. The monoisotopic (exact) mass is 907 g/mol. The molecule has 0 fully saturated rings. The third kappa shape index (κ3) is 13.3. The number of aromatic nitrogens is 4. The summed E-state index contributed by atoms with van der Waals surface area (Å²) in [4.78, 5) is 70.1. The van der Waals surface area contributed by atoms with Gasteiger partial charge in [-0.1, -0.05) is 96.5 Å². The Kier molecular flexibility index (Phi) is 20.5. The van der Waals surface area contributed by atoms with Gasteiger partial charge < -0.3 is 49.3 Å². The molecule has 0 aliphatic carbocycles. The molecule has 0 saturated heterocycles. The van der Waals surface area contributed by atoms with E-state index in [2.05, 4.69) is 67.1 Å². The molecule has 1 atom stereocenters. The van der Waals surface area contributed by atoms with Crippen LogP contribution in [-0.2, 0) is 43.5 Å². The van der Waals surface area contributed by atoms with Crippen LogP contribution >= 0.6 is 0 Å². The predicted molar refractivity (Wildman–Crippen MR) is 258 cm³/mol. The lowest BCUT2D eigenvalue weighted by atomic mass is 9.92. The highest BCUT2D eigenvalue weighted by molar-refractivity contribution is 6.07. The molecular formula is C50H66N8O8. The summed E-state index contributed by atoms with van der Waals surface area (Å²) in [5.41, 5.74) is 7.06. The lowest BCUT2D eigenvalue weighted by molar-refractivity contribution is -0.134. The highest BCUT2D eigenvalue weighted by atomic mass is 16.5. The van der Waals surface area contributed by atoms with Crippen molar-refractivity contribution in [1.82, 2.24) is 40.4 Å². The van der Waals surface area contributed by atoms with E-state index in [0.29, 0.717) is 43.3 Å². The van der Waals surface area contributed by atoms with Gasteiger partial charge in [0.2, 0.25) is 11.8 Å². The van der Waals surface area contributed by atoms with Crippen molar-refractivity contribution in [3.63, 3.8) is 0 Å². The molecule has 4 amide bonds. The third-order valence-electron chi connectivity index (χ3n) is 10.1. The fourth-order valence-electron chi connectivity index (χ4n) is 7.25. The predicted octanol–water partition coefficient (Wildman–Crippen LogP) is 9.30. The fourth-order valence-corrected chi connectivity index (χ4v) is 7.25. The number of hydrogen-bond acceptors (Lipinski definition) is 10. The molecule has 1 aliphatic heterocycles. The van der Waals surface area contributed by atoms with Crippen molar-refractivity contribution in [2.45, 2.75) is 86.5 Å². The van der Waals surface area contributed by atoms with E-state index in [9.17, 15) is 19.2 Å². The van der Waals surface area contributed by atoms with Crippen molar-refractivity contribution in [2.75, 3.05) is 48.1 Å². The Labute approximate surface area is 387 Å². The molecule has 0 unspecified atom stereocenters. The van der Waals surface area contributed by atoms with Crippen molar-refractivity contribution in [3.05, 3.63) is 102 Å². The van der Waals surface area contributed by atoms with Gasteiger partial charge in [0, 0.05) is 38.3 Å². The van der Waals surface area contributed by atoms with Gasteiger partial charge in [0.15, 0.2) is 0 Å². The first kappa shape index (κ1) is 51.7. The third-order valence-corrected chi connectivity index (χ3v) is 10.1. The number of fused-ring (bicyclic) bond motifs is 6. The molecule has 16 heteroatoms. The number of carbonyl (C=O) groups excluding carboxylic acids is 4. The van der Waals surface area contributed by atoms with Crippen LogP contribution in [0, 0.1) is 0 Å². The number of ether oxygens (including phenoxy) is 4. The Bertz CT molecular complexity index is 2500. The summed E-state index contributed by atoms with van der Waals surface area (Å²) in [6, 6.07) is 22.6. The lowest BCUT2D eigenvalue weighted by Gasteiger charge is -2.27. The average Bonchev–Trinajstić information content (AvgIpc) is 3.99. The van der Waals surface area contributed by atoms with Crippen LogP contribution in [0.3, 0.4) is 0 Å². The molecule has 0 spiro atoms. The molecule has 2 aromatic heterocycles. The summed E-state index contributed by atoms with van der Waals surface area (Å²) >= 11 is 0. The van der Waals surface area contributed by atoms with Crippen LogP contribution in [0.4, 0.5) is 9.59 Å². The number of rotatable bonds is 14. The van der Waals surface area contributed by atoms with E-state index in [1.807, 2.05) is 70.2 Å². The minimum Gasteiger partial charge on any atom is -0.488 e. The van der Waals surface area contributed by atoms with E-state index >= 15 is 0 Å². The number of H-pyrrole nitrogens is 2. The Morgan fingerprint density at radius 2 is 1.45 bits per heavy atom. The number of carbonyl (C=O) groups is 4. The van der Waals surface area contributed by atoms with Crippen LogP contribution in [0.15, 0.2) is 79.0 Å². The van der Waals surface area contributed by atoms with E-state index in [0.717, 1.165) is 61.9 Å². The van der Waals surface area contributed by atoms with Gasteiger partial charge in [0.25, 0.3) is 0 Å². The summed E-state index contributed by atoms with van der Waals surface area (Å²) < 4.78 is 20.0. The molecule has 66 heavy (non-hydrogen) atoms. The smallest absolute Gasteiger partial charge is 0.407 e. The van der Waals surface area contributed by atoms with Gasteiger partial charge in [-0.25, -0.2) is 19.6 Å². The molecule has 4 N–H and O–H groups in total. The number of imidazole rings is 2. The molecule has 7 rings (SSSR count). The summed E-state index contributed by atoms with van der Waals surface area (Å²) in [5, 5.41) is 7.07. The topological polar surface area (TPSA) is 193 Å². The molecule has 16 nitrogen and oxygen atoms in total. The van der Waals surface area contributed by atoms with E-state index in [1.165, 1.54) is 20.6 Å². The van der Waals surface area contributed by atoms with E-state index < -0.39 is 18.2 Å². The zero-order valence-electron chi connectivity index (χ0n) is 40.0. The van der Waals surface area contributed by atoms with Crippen molar-refractivity contribution >= 4 is 45.8 Å². The second-order valence-corrected chi connectivity index (χ2v) is 15.1. The zero-order chi connectivity index (χ0) is 48.2. The Morgan fingerprint density at radius 1 is 0.788 bits per heavy atom. The number of aromatic amines is 2. The number of methoxy groups -OCH3 is 3. The minimum absolute atomic E-state index is 0.167. The zero-order valence-corrected chi connectivity index (χ0v) is 40.0. The Morgan fingerprint density at radius 3 is 2.12 bits per heavy atom. The number of hydrogen-bond donors (Lipinski definition) is 4. The van der Waals surface area contributed by atoms with Gasteiger partial charge in [-0.05, 0) is 64.7 Å². The van der Waals surface area contributed by atoms with Crippen molar-refractivity contribution in [2.24, 2.45) is 0 Å². The number of benzene rings is 4. The van der Waals surface area contributed by atoms with Crippen LogP contribution in [0.25, 0.3) is 44.2 Å². The van der Waals surface area contributed by atoms with Crippen LogP contribution in [0.1, 0.15) is 89.6 Å². The molecule has 6 aromatic rings. The molecule has 1 aliphatic rings. The fraction of sp³-hybridized carbons (Fsp3) is 0.400. The van der Waals surface area contributed by atoms with Crippen LogP contribution in [0.2, 0.25) is 0 Å². The molecule has 4 aromatic carbocycles. The van der Waals surface area contributed by atoms with Crippen LogP contribution in [0.5, 0.6) is 5.75 Å². The molecular weight excluding hydrogens is 841 g/mol.